The van der Waals surface area contributed by atoms with Crippen molar-refractivity contribution in [2.24, 2.45) is 17.8 Å². The van der Waals surface area contributed by atoms with Crippen LogP contribution in [0, 0.1) is 17.8 Å². The molecule has 2 rings (SSSR count). The fraction of sp³-hybridized carbons (Fsp3) is 0.857. The number of fused-ring (bicyclic) bond motifs is 2. The Bertz CT molecular complexity index is 346. The highest BCUT2D eigenvalue weighted by Gasteiger charge is 2.40. The van der Waals surface area contributed by atoms with E-state index in [1.165, 1.54) is 19.3 Å². The van der Waals surface area contributed by atoms with Gasteiger partial charge in [0.1, 0.15) is 0 Å². The molecule has 2 bridgehead atoms. The molecule has 0 saturated heterocycles. The average Bonchev–Trinajstić information content (AvgIpc) is 2.96. The third kappa shape index (κ3) is 3.85. The molecule has 0 heterocycles. The number of carboxylic acids is 1. The molecule has 2 fully saturated rings. The van der Waals surface area contributed by atoms with E-state index in [1.54, 1.807) is 0 Å². The van der Waals surface area contributed by atoms with E-state index in [9.17, 15) is 9.59 Å². The third-order valence-corrected chi connectivity index (χ3v) is 4.65. The summed E-state index contributed by atoms with van der Waals surface area (Å²) in [6.07, 6.45) is 5.82. The molecule has 2 aliphatic rings. The van der Waals surface area contributed by atoms with Gasteiger partial charge in [0.25, 0.3) is 0 Å². The van der Waals surface area contributed by atoms with E-state index < -0.39 is 5.97 Å². The van der Waals surface area contributed by atoms with Crippen LogP contribution in [0.1, 0.15) is 45.4 Å². The highest BCUT2D eigenvalue weighted by atomic mass is 16.4. The van der Waals surface area contributed by atoms with Crippen LogP contribution in [0.4, 0.5) is 4.79 Å². The predicted molar refractivity (Wildman–Crippen MR) is 71.8 cm³/mol. The third-order valence-electron chi connectivity index (χ3n) is 4.65. The van der Waals surface area contributed by atoms with Gasteiger partial charge in [-0.15, -0.1) is 0 Å². The van der Waals surface area contributed by atoms with Gasteiger partial charge in [-0.3, -0.25) is 4.79 Å². The zero-order chi connectivity index (χ0) is 13.8. The summed E-state index contributed by atoms with van der Waals surface area (Å²) in [6, 6.07) is 0.194. The summed E-state index contributed by atoms with van der Waals surface area (Å²) in [4.78, 5) is 22.5. The molecule has 4 atom stereocenters. The molecule has 3 N–H and O–H groups in total. The van der Waals surface area contributed by atoms with Crippen LogP contribution >= 0.6 is 0 Å². The van der Waals surface area contributed by atoms with Crippen molar-refractivity contribution in [2.45, 2.75) is 51.5 Å². The van der Waals surface area contributed by atoms with Gasteiger partial charge in [-0.05, 0) is 37.0 Å². The molecule has 2 aliphatic carbocycles. The average molecular weight is 268 g/mol. The maximum atomic E-state index is 11.8. The molecular formula is C14H24N2O3. The SMILES string of the molecule is CCC(CNC(=O)NC1CC2CCC1C2)CC(=O)O. The Balaban J connectivity index is 1.68. The zero-order valence-electron chi connectivity index (χ0n) is 11.5. The number of hydrogen-bond acceptors (Lipinski definition) is 2. The molecule has 5 heteroatoms. The van der Waals surface area contributed by atoms with Crippen molar-refractivity contribution in [3.8, 4) is 0 Å². The van der Waals surface area contributed by atoms with Crippen molar-refractivity contribution >= 4 is 12.0 Å². The van der Waals surface area contributed by atoms with E-state index in [4.69, 9.17) is 5.11 Å². The first-order valence-corrected chi connectivity index (χ1v) is 7.34. The smallest absolute Gasteiger partial charge is 0.315 e. The first-order valence-electron chi connectivity index (χ1n) is 7.34. The molecule has 0 aliphatic heterocycles. The Hall–Kier alpha value is -1.26. The lowest BCUT2D eigenvalue weighted by atomic mass is 9.95. The number of hydrogen-bond donors (Lipinski definition) is 3. The first kappa shape index (κ1) is 14.2. The van der Waals surface area contributed by atoms with Crippen molar-refractivity contribution in [1.29, 1.82) is 0 Å². The molecule has 108 valence electrons. The molecule has 0 aromatic rings. The maximum absolute atomic E-state index is 11.8. The summed E-state index contributed by atoms with van der Waals surface area (Å²) in [5.41, 5.74) is 0. The molecule has 0 aromatic carbocycles. The van der Waals surface area contributed by atoms with E-state index in [2.05, 4.69) is 10.6 Å². The Morgan fingerprint density at radius 1 is 1.32 bits per heavy atom. The number of carbonyl (C=O) groups excluding carboxylic acids is 1. The van der Waals surface area contributed by atoms with E-state index >= 15 is 0 Å². The lowest BCUT2D eigenvalue weighted by Crippen LogP contribution is -2.45. The van der Waals surface area contributed by atoms with Gasteiger partial charge in [0.15, 0.2) is 0 Å². The minimum absolute atomic E-state index is 0.0169. The van der Waals surface area contributed by atoms with E-state index in [1.807, 2.05) is 6.92 Å². The number of aliphatic carboxylic acids is 1. The minimum Gasteiger partial charge on any atom is -0.481 e. The van der Waals surface area contributed by atoms with Gasteiger partial charge in [-0.25, -0.2) is 4.79 Å². The van der Waals surface area contributed by atoms with Crippen LogP contribution < -0.4 is 10.6 Å². The normalized spacial score (nSPS) is 30.1. The number of carboxylic acid groups (broad SMARTS) is 1. The van der Waals surface area contributed by atoms with Crippen LogP contribution in [0.25, 0.3) is 0 Å². The summed E-state index contributed by atoms with van der Waals surface area (Å²) < 4.78 is 0. The zero-order valence-corrected chi connectivity index (χ0v) is 11.5. The lowest BCUT2D eigenvalue weighted by molar-refractivity contribution is -0.138. The minimum atomic E-state index is -0.804. The van der Waals surface area contributed by atoms with Crippen molar-refractivity contribution in [2.75, 3.05) is 6.54 Å². The van der Waals surface area contributed by atoms with Gasteiger partial charge in [0.05, 0.1) is 0 Å². The number of urea groups is 1. The number of nitrogens with one attached hydrogen (secondary N) is 2. The van der Waals surface area contributed by atoms with E-state index in [0.29, 0.717) is 18.5 Å². The topological polar surface area (TPSA) is 78.4 Å². The second-order valence-corrected chi connectivity index (χ2v) is 6.01. The predicted octanol–water partition coefficient (Wildman–Crippen LogP) is 1.98. The van der Waals surface area contributed by atoms with Crippen LogP contribution in [0.3, 0.4) is 0 Å². The molecule has 2 amide bonds. The van der Waals surface area contributed by atoms with E-state index in [0.717, 1.165) is 18.8 Å². The van der Waals surface area contributed by atoms with Crippen LogP contribution in [-0.4, -0.2) is 29.7 Å². The van der Waals surface area contributed by atoms with Crippen molar-refractivity contribution in [1.82, 2.24) is 10.6 Å². The quantitative estimate of drug-likeness (QED) is 0.689. The largest absolute Gasteiger partial charge is 0.481 e. The van der Waals surface area contributed by atoms with Gasteiger partial charge >= 0.3 is 12.0 Å². The Morgan fingerprint density at radius 3 is 2.63 bits per heavy atom. The number of rotatable bonds is 6. The highest BCUT2D eigenvalue weighted by Crippen LogP contribution is 2.44. The second-order valence-electron chi connectivity index (χ2n) is 6.01. The molecular weight excluding hydrogens is 244 g/mol. The van der Waals surface area contributed by atoms with Gasteiger partial charge in [0.2, 0.25) is 0 Å². The molecule has 0 radical (unpaired) electrons. The summed E-state index contributed by atoms with van der Waals surface area (Å²) in [6.45, 7) is 2.39. The summed E-state index contributed by atoms with van der Waals surface area (Å²) >= 11 is 0. The molecule has 4 unspecified atom stereocenters. The lowest BCUT2D eigenvalue weighted by Gasteiger charge is -2.23. The summed E-state index contributed by atoms with van der Waals surface area (Å²) in [5.74, 6) is 0.688. The fourth-order valence-electron chi connectivity index (χ4n) is 3.49. The molecule has 19 heavy (non-hydrogen) atoms. The Morgan fingerprint density at radius 2 is 2.11 bits per heavy atom. The van der Waals surface area contributed by atoms with Crippen LogP contribution in [0.2, 0.25) is 0 Å². The standard InChI is InChI=1S/C14H24N2O3/c1-2-9(7-13(17)18)8-15-14(19)16-12-6-10-3-4-11(12)5-10/h9-12H,2-8H2,1H3,(H,17,18)(H2,15,16,19). The monoisotopic (exact) mass is 268 g/mol. The first-order chi connectivity index (χ1) is 9.08. The summed E-state index contributed by atoms with van der Waals surface area (Å²) in [7, 11) is 0. The highest BCUT2D eigenvalue weighted by molar-refractivity contribution is 5.74. The molecule has 0 aromatic heterocycles. The van der Waals surface area contributed by atoms with Gasteiger partial charge in [-0.2, -0.15) is 0 Å². The Kier molecular flexibility index (Phi) is 4.66. The van der Waals surface area contributed by atoms with Crippen LogP contribution in [-0.2, 0) is 4.79 Å². The second kappa shape index (κ2) is 6.26. The van der Waals surface area contributed by atoms with Crippen molar-refractivity contribution in [3.63, 3.8) is 0 Å². The van der Waals surface area contributed by atoms with Gasteiger partial charge < -0.3 is 15.7 Å². The van der Waals surface area contributed by atoms with E-state index in [-0.39, 0.29) is 18.4 Å². The maximum Gasteiger partial charge on any atom is 0.315 e. The van der Waals surface area contributed by atoms with Crippen molar-refractivity contribution in [3.05, 3.63) is 0 Å². The molecule has 2 saturated carbocycles. The molecule has 5 nitrogen and oxygen atoms in total. The van der Waals surface area contributed by atoms with Gasteiger partial charge in [0, 0.05) is 19.0 Å². The van der Waals surface area contributed by atoms with Crippen molar-refractivity contribution < 1.29 is 14.7 Å². The molecule has 0 spiro atoms. The van der Waals surface area contributed by atoms with Gasteiger partial charge in [-0.1, -0.05) is 19.8 Å². The number of amides is 2. The fourth-order valence-corrected chi connectivity index (χ4v) is 3.49. The van der Waals surface area contributed by atoms with Crippen LogP contribution in [0.5, 0.6) is 0 Å². The van der Waals surface area contributed by atoms with Crippen LogP contribution in [0.15, 0.2) is 0 Å². The number of carbonyl (C=O) groups is 2. The Labute approximate surface area is 114 Å². The summed E-state index contributed by atoms with van der Waals surface area (Å²) in [5, 5.41) is 14.6.